The van der Waals surface area contributed by atoms with Gasteiger partial charge in [0.05, 0.1) is 38.5 Å². The van der Waals surface area contributed by atoms with Crippen LogP contribution in [-0.2, 0) is 9.53 Å². The molecule has 1 unspecified atom stereocenters. The lowest BCUT2D eigenvalue weighted by atomic mass is 10.1. The van der Waals surface area contributed by atoms with E-state index in [4.69, 9.17) is 9.47 Å². The largest absolute Gasteiger partial charge is 1.00 e. The summed E-state index contributed by atoms with van der Waals surface area (Å²) in [7, 11) is 2.22. The minimum absolute atomic E-state index is 0. The van der Waals surface area contributed by atoms with Crippen molar-refractivity contribution >= 4 is 23.3 Å². The van der Waals surface area contributed by atoms with Gasteiger partial charge in [0.1, 0.15) is 12.2 Å². The summed E-state index contributed by atoms with van der Waals surface area (Å²) in [5.74, 6) is 0.555. The summed E-state index contributed by atoms with van der Waals surface area (Å²) in [6, 6.07) is 0. The minimum Gasteiger partial charge on any atom is -1.00 e. The van der Waals surface area contributed by atoms with E-state index >= 15 is 0 Å². The average molecular weight is 460 g/mol. The fourth-order valence-electron chi connectivity index (χ4n) is 3.63. The molecular formula is C22H38ClN3O3S. The van der Waals surface area contributed by atoms with Crippen molar-refractivity contribution in [2.45, 2.75) is 77.6 Å². The summed E-state index contributed by atoms with van der Waals surface area (Å²) >= 11 is 1.25. The van der Waals surface area contributed by atoms with Gasteiger partial charge in [-0.3, -0.25) is 4.79 Å². The molecule has 0 bridgehead atoms. The van der Waals surface area contributed by atoms with Gasteiger partial charge in [0.25, 0.3) is 5.88 Å². The first-order valence-electron chi connectivity index (χ1n) is 11.3. The minimum atomic E-state index is -0.172. The highest BCUT2D eigenvalue weighted by atomic mass is 35.5. The third kappa shape index (κ3) is 11.3. The van der Waals surface area contributed by atoms with Crippen molar-refractivity contribution in [1.29, 1.82) is 0 Å². The van der Waals surface area contributed by atoms with Gasteiger partial charge < -0.3 is 26.8 Å². The summed E-state index contributed by atoms with van der Waals surface area (Å²) in [5.41, 5.74) is 2.24. The van der Waals surface area contributed by atoms with E-state index in [1.165, 1.54) is 80.6 Å². The van der Waals surface area contributed by atoms with Crippen molar-refractivity contribution in [3.63, 3.8) is 0 Å². The number of carbonyl (C=O) groups is 1. The topological polar surface area (TPSA) is 65.8 Å². The van der Waals surface area contributed by atoms with Crippen LogP contribution in [0.3, 0.4) is 0 Å². The van der Waals surface area contributed by atoms with Gasteiger partial charge >= 0.3 is 5.97 Å². The lowest BCUT2D eigenvalue weighted by molar-refractivity contribution is -0.872. The molecule has 2 heterocycles. The van der Waals surface area contributed by atoms with Crippen LogP contribution in [0.1, 0.15) is 83.2 Å². The Labute approximate surface area is 192 Å². The maximum atomic E-state index is 10.7. The van der Waals surface area contributed by atoms with E-state index in [1.807, 2.05) is 0 Å². The second-order valence-electron chi connectivity index (χ2n) is 8.04. The molecule has 1 atom stereocenters. The zero-order chi connectivity index (χ0) is 20.7. The van der Waals surface area contributed by atoms with E-state index in [9.17, 15) is 4.79 Å². The first-order valence-corrected chi connectivity index (χ1v) is 12.0. The van der Waals surface area contributed by atoms with E-state index in [-0.39, 0.29) is 18.4 Å². The van der Waals surface area contributed by atoms with Crippen molar-refractivity contribution in [3.8, 4) is 5.88 Å². The van der Waals surface area contributed by atoms with Gasteiger partial charge in [-0.05, 0) is 12.8 Å². The predicted octanol–water partition coefficient (Wildman–Crippen LogP) is 0.687. The Morgan fingerprint density at radius 1 is 1.00 bits per heavy atom. The number of aromatic nitrogens is 2. The van der Waals surface area contributed by atoms with Crippen LogP contribution < -0.4 is 22.0 Å². The van der Waals surface area contributed by atoms with Crippen LogP contribution in [0.15, 0.2) is 6.08 Å². The molecule has 6 nitrogen and oxygen atoms in total. The Balaban J connectivity index is 0.00000450. The number of quaternary nitrogens is 1. The van der Waals surface area contributed by atoms with Crippen molar-refractivity contribution in [3.05, 3.63) is 11.8 Å². The van der Waals surface area contributed by atoms with Gasteiger partial charge in [0.2, 0.25) is 0 Å². The summed E-state index contributed by atoms with van der Waals surface area (Å²) in [4.78, 5) is 12.2. The highest BCUT2D eigenvalue weighted by Gasteiger charge is 2.20. The first kappa shape index (κ1) is 26.9. The van der Waals surface area contributed by atoms with E-state index < -0.39 is 0 Å². The summed E-state index contributed by atoms with van der Waals surface area (Å²) in [6.07, 6.45) is 15.6. The van der Waals surface area contributed by atoms with Crippen molar-refractivity contribution in [2.75, 3.05) is 33.4 Å². The monoisotopic (exact) mass is 459 g/mol. The number of esters is 1. The number of hydrogen-bond donors (Lipinski definition) is 1. The highest BCUT2D eigenvalue weighted by Crippen LogP contribution is 2.24. The second-order valence-corrected chi connectivity index (χ2v) is 8.57. The van der Waals surface area contributed by atoms with Crippen molar-refractivity contribution in [2.24, 2.45) is 0 Å². The molecule has 2 rings (SSSR count). The summed E-state index contributed by atoms with van der Waals surface area (Å²) in [6.45, 7) is 4.97. The van der Waals surface area contributed by atoms with E-state index in [0.717, 1.165) is 50.4 Å². The van der Waals surface area contributed by atoms with Gasteiger partial charge in [-0.1, -0.05) is 57.4 Å². The molecule has 0 saturated heterocycles. The van der Waals surface area contributed by atoms with Crippen LogP contribution in [0, 0.1) is 0 Å². The Kier molecular flexibility index (Phi) is 14.8. The Morgan fingerprint density at radius 3 is 2.20 bits per heavy atom. The molecule has 0 fully saturated rings. The standard InChI is InChI=1S/C22H37N3O3S.ClH/c1-19(26)27-16-11-9-7-5-3-4-6-8-10-12-17-28-22-21(23-29-24-22)20-14-13-15-25(2)18-20;/h14H,3-13,15-18H2,1-2H3;1H. The third-order valence-electron chi connectivity index (χ3n) is 5.30. The van der Waals surface area contributed by atoms with Crippen LogP contribution >= 0.6 is 11.7 Å². The number of halogens is 1. The van der Waals surface area contributed by atoms with Gasteiger partial charge in [0.15, 0.2) is 0 Å². The normalized spacial score (nSPS) is 15.9. The molecule has 0 aromatic carbocycles. The molecule has 1 aliphatic heterocycles. The molecule has 1 aliphatic rings. The molecule has 8 heteroatoms. The molecule has 1 N–H and O–H groups in total. The van der Waals surface area contributed by atoms with Crippen LogP contribution in [-0.4, -0.2) is 48.1 Å². The highest BCUT2D eigenvalue weighted by molar-refractivity contribution is 6.99. The number of hydrogen-bond acceptors (Lipinski definition) is 6. The zero-order valence-electron chi connectivity index (χ0n) is 18.6. The molecular weight excluding hydrogens is 422 g/mol. The number of ether oxygens (including phenoxy) is 2. The number of likely N-dealkylation sites (N-methyl/N-ethyl adjacent to an activating group) is 1. The van der Waals surface area contributed by atoms with Crippen LogP contribution in [0.4, 0.5) is 0 Å². The molecule has 0 radical (unpaired) electrons. The summed E-state index contributed by atoms with van der Waals surface area (Å²) < 4.78 is 19.7. The molecule has 0 saturated carbocycles. The van der Waals surface area contributed by atoms with E-state index in [2.05, 4.69) is 21.9 Å². The number of nitrogens with zero attached hydrogens (tertiary/aromatic N) is 2. The van der Waals surface area contributed by atoms with Gasteiger partial charge in [0, 0.05) is 18.9 Å². The third-order valence-corrected chi connectivity index (χ3v) is 5.81. The SMILES string of the molecule is CC(=O)OCCCCCCCCCCCCOc1nsnc1C1=CCC[NH+](C)C1.[Cl-]. The Morgan fingerprint density at radius 2 is 1.60 bits per heavy atom. The lowest BCUT2D eigenvalue weighted by Crippen LogP contribution is -3.09. The predicted molar refractivity (Wildman–Crippen MR) is 117 cm³/mol. The second kappa shape index (κ2) is 16.5. The first-order chi connectivity index (χ1) is 14.2. The van der Waals surface area contributed by atoms with Gasteiger partial charge in [-0.15, -0.1) is 4.37 Å². The molecule has 0 spiro atoms. The number of nitrogens with one attached hydrogen (secondary N) is 1. The smallest absolute Gasteiger partial charge is 0.302 e. The molecule has 1 aromatic heterocycles. The van der Waals surface area contributed by atoms with Gasteiger partial charge in [-0.2, -0.15) is 4.37 Å². The van der Waals surface area contributed by atoms with E-state index in [1.54, 1.807) is 0 Å². The van der Waals surface area contributed by atoms with E-state index in [0.29, 0.717) is 6.61 Å². The van der Waals surface area contributed by atoms with Crippen LogP contribution in [0.2, 0.25) is 0 Å². The summed E-state index contributed by atoms with van der Waals surface area (Å²) in [5, 5.41) is 0. The molecule has 172 valence electrons. The Bertz CT molecular complexity index is 625. The number of carbonyl (C=O) groups excluding carboxylic acids is 1. The van der Waals surface area contributed by atoms with Gasteiger partial charge in [-0.25, -0.2) is 0 Å². The average Bonchev–Trinajstić information content (AvgIpc) is 3.16. The quantitative estimate of drug-likeness (QED) is 0.309. The van der Waals surface area contributed by atoms with Crippen molar-refractivity contribution in [1.82, 2.24) is 8.75 Å². The lowest BCUT2D eigenvalue weighted by Gasteiger charge is -2.19. The van der Waals surface area contributed by atoms with Crippen LogP contribution in [0.25, 0.3) is 5.57 Å². The zero-order valence-corrected chi connectivity index (χ0v) is 20.2. The molecule has 1 aromatic rings. The maximum absolute atomic E-state index is 10.7. The molecule has 30 heavy (non-hydrogen) atoms. The maximum Gasteiger partial charge on any atom is 0.302 e. The number of rotatable bonds is 15. The number of unbranched alkanes of at least 4 members (excludes halogenated alkanes) is 9. The molecule has 0 aliphatic carbocycles. The van der Waals surface area contributed by atoms with Crippen LogP contribution in [0.5, 0.6) is 5.88 Å². The Hall–Kier alpha value is -1.18. The molecule has 0 amide bonds. The van der Waals surface area contributed by atoms with Crippen molar-refractivity contribution < 1.29 is 31.6 Å². The fraction of sp³-hybridized carbons (Fsp3) is 0.773. The fourth-order valence-corrected chi connectivity index (χ4v) is 4.16.